The molecule has 1 heterocycles. The van der Waals surface area contributed by atoms with Crippen LogP contribution in [0, 0.1) is 5.41 Å². The first-order valence-electron chi connectivity index (χ1n) is 5.46. The molecular weight excluding hydrogens is 204 g/mol. The van der Waals surface area contributed by atoms with Gasteiger partial charge in [0.25, 0.3) is 0 Å². The lowest BCUT2D eigenvalue weighted by Crippen LogP contribution is -2.47. The van der Waals surface area contributed by atoms with Crippen molar-refractivity contribution in [1.82, 2.24) is 0 Å². The molecule has 1 saturated heterocycles. The fraction of sp³-hybridized carbons (Fsp3) is 0.538. The van der Waals surface area contributed by atoms with Crippen molar-refractivity contribution in [2.24, 2.45) is 5.41 Å². The Balaban J connectivity index is 2.49. The number of benzene rings is 1. The minimum atomic E-state index is -1.41. The van der Waals surface area contributed by atoms with Crippen LogP contribution in [0.15, 0.2) is 30.3 Å². The molecule has 88 valence electrons. The molecule has 0 spiro atoms. The smallest absolute Gasteiger partial charge is 0.233 e. The largest absolute Gasteiger partial charge is 0.359 e. The zero-order valence-electron chi connectivity index (χ0n) is 10.2. The third-order valence-corrected chi connectivity index (χ3v) is 3.89. The highest BCUT2D eigenvalue weighted by molar-refractivity contribution is 5.24. The zero-order valence-corrected chi connectivity index (χ0v) is 10.2. The van der Waals surface area contributed by atoms with Crippen LogP contribution in [0.5, 0.6) is 0 Å². The molecular formula is C13H18O3. The van der Waals surface area contributed by atoms with Gasteiger partial charge < -0.3 is 5.11 Å². The van der Waals surface area contributed by atoms with Crippen LogP contribution < -0.4 is 0 Å². The van der Waals surface area contributed by atoms with Crippen molar-refractivity contribution < 1.29 is 14.9 Å². The van der Waals surface area contributed by atoms with Crippen molar-refractivity contribution in [2.45, 2.75) is 39.1 Å². The van der Waals surface area contributed by atoms with Gasteiger partial charge >= 0.3 is 0 Å². The second-order valence-electron chi connectivity index (χ2n) is 5.31. The summed E-state index contributed by atoms with van der Waals surface area (Å²) in [5, 5.41) is 10.7. The molecule has 16 heavy (non-hydrogen) atoms. The highest BCUT2D eigenvalue weighted by Crippen LogP contribution is 2.54. The molecule has 3 nitrogen and oxygen atoms in total. The zero-order chi connectivity index (χ0) is 12.0. The third-order valence-electron chi connectivity index (χ3n) is 3.89. The predicted molar refractivity (Wildman–Crippen MR) is 60.4 cm³/mol. The lowest BCUT2D eigenvalue weighted by molar-refractivity contribution is -0.399. The highest BCUT2D eigenvalue weighted by atomic mass is 17.2. The number of aliphatic hydroxyl groups is 1. The fourth-order valence-electron chi connectivity index (χ4n) is 1.85. The van der Waals surface area contributed by atoms with Gasteiger partial charge in [0.1, 0.15) is 5.60 Å². The summed E-state index contributed by atoms with van der Waals surface area (Å²) in [4.78, 5) is 10.5. The lowest BCUT2D eigenvalue weighted by atomic mass is 9.69. The van der Waals surface area contributed by atoms with Crippen LogP contribution in [0.1, 0.15) is 33.3 Å². The van der Waals surface area contributed by atoms with Gasteiger partial charge in [-0.25, -0.2) is 4.89 Å². The maximum atomic E-state index is 10.7. The molecule has 1 atom stereocenters. The Hall–Kier alpha value is -0.900. The van der Waals surface area contributed by atoms with Crippen molar-refractivity contribution in [3.63, 3.8) is 0 Å². The monoisotopic (exact) mass is 222 g/mol. The SMILES string of the molecule is CC1(C)OOC(O)(c2ccccc2)C1(C)C. The summed E-state index contributed by atoms with van der Waals surface area (Å²) in [6.45, 7) is 7.70. The van der Waals surface area contributed by atoms with E-state index in [1.807, 2.05) is 58.0 Å². The summed E-state index contributed by atoms with van der Waals surface area (Å²) < 4.78 is 0. The Kier molecular flexibility index (Phi) is 2.38. The van der Waals surface area contributed by atoms with E-state index in [-0.39, 0.29) is 0 Å². The highest BCUT2D eigenvalue weighted by Gasteiger charge is 2.63. The quantitative estimate of drug-likeness (QED) is 0.742. The van der Waals surface area contributed by atoms with E-state index in [0.717, 1.165) is 0 Å². The molecule has 0 amide bonds. The second-order valence-corrected chi connectivity index (χ2v) is 5.31. The number of hydrogen-bond acceptors (Lipinski definition) is 3. The molecule has 1 aliphatic rings. The molecule has 1 aromatic carbocycles. The molecule has 2 rings (SSSR count). The number of rotatable bonds is 1. The molecule has 3 heteroatoms. The van der Waals surface area contributed by atoms with Crippen molar-refractivity contribution >= 4 is 0 Å². The molecule has 0 aromatic heterocycles. The first kappa shape index (κ1) is 11.6. The Morgan fingerprint density at radius 2 is 1.50 bits per heavy atom. The lowest BCUT2D eigenvalue weighted by Gasteiger charge is -2.38. The van der Waals surface area contributed by atoms with Gasteiger partial charge in [0.2, 0.25) is 5.79 Å². The third kappa shape index (κ3) is 1.32. The maximum Gasteiger partial charge on any atom is 0.233 e. The van der Waals surface area contributed by atoms with Crippen molar-refractivity contribution in [3.05, 3.63) is 35.9 Å². The van der Waals surface area contributed by atoms with Crippen LogP contribution in [-0.2, 0) is 15.6 Å². The van der Waals surface area contributed by atoms with E-state index in [2.05, 4.69) is 0 Å². The standard InChI is InChI=1S/C13H18O3/c1-11(2)12(3,4)15-16-13(11,14)10-8-6-5-7-9-10/h5-9,14H,1-4H3. The van der Waals surface area contributed by atoms with E-state index in [0.29, 0.717) is 5.56 Å². The molecule has 1 unspecified atom stereocenters. The molecule has 1 aromatic rings. The van der Waals surface area contributed by atoms with Gasteiger partial charge in [-0.3, -0.25) is 0 Å². The molecule has 0 saturated carbocycles. The van der Waals surface area contributed by atoms with Crippen LogP contribution in [0.3, 0.4) is 0 Å². The molecule has 1 N–H and O–H groups in total. The van der Waals surface area contributed by atoms with E-state index in [1.54, 1.807) is 0 Å². The van der Waals surface area contributed by atoms with E-state index >= 15 is 0 Å². The maximum absolute atomic E-state index is 10.7. The van der Waals surface area contributed by atoms with E-state index in [9.17, 15) is 5.11 Å². The molecule has 0 aliphatic carbocycles. The van der Waals surface area contributed by atoms with Crippen LogP contribution in [-0.4, -0.2) is 10.7 Å². The summed E-state index contributed by atoms with van der Waals surface area (Å²) in [6.07, 6.45) is 0. The summed E-state index contributed by atoms with van der Waals surface area (Å²) in [5.41, 5.74) is -0.371. The molecule has 0 radical (unpaired) electrons. The average molecular weight is 222 g/mol. The number of hydrogen-bond donors (Lipinski definition) is 1. The van der Waals surface area contributed by atoms with Crippen molar-refractivity contribution in [2.75, 3.05) is 0 Å². The van der Waals surface area contributed by atoms with Gasteiger partial charge in [-0.15, -0.1) is 0 Å². The fourth-order valence-corrected chi connectivity index (χ4v) is 1.85. The van der Waals surface area contributed by atoms with Gasteiger partial charge in [0.05, 0.1) is 5.41 Å². The molecule has 1 aliphatic heterocycles. The van der Waals surface area contributed by atoms with E-state index in [4.69, 9.17) is 9.78 Å². The van der Waals surface area contributed by atoms with Crippen molar-refractivity contribution in [3.8, 4) is 0 Å². The van der Waals surface area contributed by atoms with Gasteiger partial charge in [0, 0.05) is 5.56 Å². The molecule has 0 bridgehead atoms. The van der Waals surface area contributed by atoms with Crippen LogP contribution in [0.4, 0.5) is 0 Å². The topological polar surface area (TPSA) is 38.7 Å². The summed E-state index contributed by atoms with van der Waals surface area (Å²) in [6, 6.07) is 9.33. The van der Waals surface area contributed by atoms with E-state index < -0.39 is 16.8 Å². The Morgan fingerprint density at radius 3 is 1.94 bits per heavy atom. The Bertz CT molecular complexity index is 383. The summed E-state index contributed by atoms with van der Waals surface area (Å²) >= 11 is 0. The first-order valence-corrected chi connectivity index (χ1v) is 5.46. The van der Waals surface area contributed by atoms with Crippen molar-refractivity contribution in [1.29, 1.82) is 0 Å². The van der Waals surface area contributed by atoms with Gasteiger partial charge in [-0.2, -0.15) is 4.89 Å². The second kappa shape index (κ2) is 3.29. The van der Waals surface area contributed by atoms with Gasteiger partial charge in [0.15, 0.2) is 0 Å². The molecule has 1 fully saturated rings. The summed E-state index contributed by atoms with van der Waals surface area (Å²) in [7, 11) is 0. The van der Waals surface area contributed by atoms with Gasteiger partial charge in [-0.05, 0) is 13.8 Å². The Labute approximate surface area is 95.9 Å². The van der Waals surface area contributed by atoms with Crippen LogP contribution in [0.25, 0.3) is 0 Å². The minimum Gasteiger partial charge on any atom is -0.359 e. The van der Waals surface area contributed by atoms with Crippen LogP contribution >= 0.6 is 0 Å². The van der Waals surface area contributed by atoms with E-state index in [1.165, 1.54) is 0 Å². The summed E-state index contributed by atoms with van der Waals surface area (Å²) in [5.74, 6) is -1.41. The van der Waals surface area contributed by atoms with Gasteiger partial charge in [-0.1, -0.05) is 44.2 Å². The minimum absolute atomic E-state index is 0.540. The average Bonchev–Trinajstić information content (AvgIpc) is 2.41. The Morgan fingerprint density at radius 1 is 0.938 bits per heavy atom. The predicted octanol–water partition coefficient (Wildman–Crippen LogP) is 2.60. The first-order chi connectivity index (χ1) is 7.31. The normalized spacial score (nSPS) is 31.6. The van der Waals surface area contributed by atoms with Crippen LogP contribution in [0.2, 0.25) is 0 Å².